The van der Waals surface area contributed by atoms with Gasteiger partial charge in [-0.2, -0.15) is 5.10 Å². The van der Waals surface area contributed by atoms with E-state index >= 15 is 0 Å². The SMILES string of the molecule is CC1Nc2nn(C)cc2C=C1c1cnc(N2CCC(N)CC2)nc1-c1ccc(N)cc1. The smallest absolute Gasteiger partial charge is 0.225 e. The van der Waals surface area contributed by atoms with Gasteiger partial charge < -0.3 is 21.7 Å². The molecule has 5 rings (SSSR count). The van der Waals surface area contributed by atoms with Crippen LogP contribution < -0.4 is 21.7 Å². The van der Waals surface area contributed by atoms with Gasteiger partial charge in [-0.3, -0.25) is 4.68 Å². The van der Waals surface area contributed by atoms with Crippen LogP contribution >= 0.6 is 0 Å². The fourth-order valence-electron chi connectivity index (χ4n) is 4.31. The van der Waals surface area contributed by atoms with Crippen molar-refractivity contribution in [2.45, 2.75) is 31.8 Å². The van der Waals surface area contributed by atoms with Gasteiger partial charge in [0.15, 0.2) is 5.82 Å². The molecular weight excluding hydrogens is 388 g/mol. The summed E-state index contributed by atoms with van der Waals surface area (Å²) in [5, 5.41) is 8.00. The van der Waals surface area contributed by atoms with Crippen LogP contribution in [0.4, 0.5) is 17.5 Å². The van der Waals surface area contributed by atoms with E-state index in [4.69, 9.17) is 21.4 Å². The van der Waals surface area contributed by atoms with Gasteiger partial charge in [-0.1, -0.05) is 12.1 Å². The molecule has 0 radical (unpaired) electrons. The first kappa shape index (κ1) is 19.6. The lowest BCUT2D eigenvalue weighted by Crippen LogP contribution is -2.40. The summed E-state index contributed by atoms with van der Waals surface area (Å²) in [6, 6.07) is 8.22. The van der Waals surface area contributed by atoms with Gasteiger partial charge >= 0.3 is 0 Å². The summed E-state index contributed by atoms with van der Waals surface area (Å²) in [5.41, 5.74) is 17.9. The molecule has 0 amide bonds. The molecule has 2 aliphatic rings. The zero-order chi connectivity index (χ0) is 21.5. The van der Waals surface area contributed by atoms with Crippen molar-refractivity contribution in [3.63, 3.8) is 0 Å². The number of nitrogens with zero attached hydrogens (tertiary/aromatic N) is 5. The summed E-state index contributed by atoms with van der Waals surface area (Å²) in [6.45, 7) is 3.89. The third-order valence-corrected chi connectivity index (χ3v) is 6.08. The van der Waals surface area contributed by atoms with Crippen LogP contribution in [-0.2, 0) is 7.05 Å². The Morgan fingerprint density at radius 3 is 2.61 bits per heavy atom. The number of piperidine rings is 1. The summed E-state index contributed by atoms with van der Waals surface area (Å²) in [6.07, 6.45) is 8.07. The first-order valence-electron chi connectivity index (χ1n) is 10.7. The fraction of sp³-hybridized carbons (Fsp3) is 0.348. The summed E-state index contributed by atoms with van der Waals surface area (Å²) < 4.78 is 1.82. The minimum absolute atomic E-state index is 0.0809. The number of nitrogens with one attached hydrogen (secondary N) is 1. The summed E-state index contributed by atoms with van der Waals surface area (Å²) in [4.78, 5) is 12.0. The molecule has 0 saturated carbocycles. The highest BCUT2D eigenvalue weighted by molar-refractivity contribution is 5.95. The molecule has 1 saturated heterocycles. The van der Waals surface area contributed by atoms with E-state index < -0.39 is 0 Å². The summed E-state index contributed by atoms with van der Waals surface area (Å²) in [7, 11) is 1.93. The second kappa shape index (κ2) is 7.70. The molecule has 0 aliphatic carbocycles. The highest BCUT2D eigenvalue weighted by Gasteiger charge is 2.25. The molecule has 0 spiro atoms. The fourth-order valence-corrected chi connectivity index (χ4v) is 4.31. The van der Waals surface area contributed by atoms with Crippen LogP contribution in [0.1, 0.15) is 30.9 Å². The van der Waals surface area contributed by atoms with Crippen LogP contribution in [0.3, 0.4) is 0 Å². The quantitative estimate of drug-likeness (QED) is 0.563. The van der Waals surface area contributed by atoms with Gasteiger partial charge in [-0.15, -0.1) is 0 Å². The molecule has 1 atom stereocenters. The highest BCUT2D eigenvalue weighted by Crippen LogP contribution is 2.36. The minimum Gasteiger partial charge on any atom is -0.399 e. The summed E-state index contributed by atoms with van der Waals surface area (Å²) in [5.74, 6) is 1.65. The van der Waals surface area contributed by atoms with E-state index in [0.29, 0.717) is 0 Å². The molecule has 4 heterocycles. The van der Waals surface area contributed by atoms with Gasteiger partial charge in [0.05, 0.1) is 11.7 Å². The molecule has 3 aromatic rings. The first-order chi connectivity index (χ1) is 15.0. The number of rotatable bonds is 3. The second-order valence-corrected chi connectivity index (χ2v) is 8.45. The van der Waals surface area contributed by atoms with Crippen LogP contribution in [0.15, 0.2) is 36.7 Å². The Kier molecular flexibility index (Phi) is 4.86. The molecule has 1 fully saturated rings. The number of benzene rings is 1. The van der Waals surface area contributed by atoms with Crippen molar-refractivity contribution >= 4 is 29.1 Å². The van der Waals surface area contributed by atoms with Gasteiger partial charge in [0.1, 0.15) is 0 Å². The maximum absolute atomic E-state index is 6.09. The molecule has 0 bridgehead atoms. The average molecular weight is 417 g/mol. The van der Waals surface area contributed by atoms with Crippen molar-refractivity contribution < 1.29 is 0 Å². The van der Waals surface area contributed by atoms with Crippen LogP contribution in [0.2, 0.25) is 0 Å². The number of anilines is 3. The molecule has 160 valence electrons. The molecule has 31 heavy (non-hydrogen) atoms. The van der Waals surface area contributed by atoms with Gasteiger partial charge in [0.2, 0.25) is 5.95 Å². The predicted octanol–water partition coefficient (Wildman–Crippen LogP) is 2.74. The van der Waals surface area contributed by atoms with Crippen LogP contribution in [0, 0.1) is 0 Å². The van der Waals surface area contributed by atoms with Crippen molar-refractivity contribution in [1.82, 2.24) is 19.7 Å². The first-order valence-corrected chi connectivity index (χ1v) is 10.7. The van der Waals surface area contributed by atoms with E-state index in [1.807, 2.05) is 48.4 Å². The van der Waals surface area contributed by atoms with Gasteiger partial charge in [0, 0.05) is 61.0 Å². The number of aryl methyl sites for hydroxylation is 1. The van der Waals surface area contributed by atoms with E-state index in [9.17, 15) is 0 Å². The van der Waals surface area contributed by atoms with E-state index in [-0.39, 0.29) is 12.1 Å². The second-order valence-electron chi connectivity index (χ2n) is 8.45. The number of nitrogens with two attached hydrogens (primary N) is 2. The lowest BCUT2D eigenvalue weighted by Gasteiger charge is -2.31. The average Bonchev–Trinajstić information content (AvgIpc) is 3.13. The van der Waals surface area contributed by atoms with Gasteiger partial charge in [-0.25, -0.2) is 9.97 Å². The largest absolute Gasteiger partial charge is 0.399 e. The third kappa shape index (κ3) is 3.74. The van der Waals surface area contributed by atoms with Crippen LogP contribution in [-0.4, -0.2) is 44.9 Å². The van der Waals surface area contributed by atoms with Crippen molar-refractivity contribution in [1.29, 1.82) is 0 Å². The Balaban J connectivity index is 1.61. The van der Waals surface area contributed by atoms with Crippen molar-refractivity contribution in [3.8, 4) is 11.3 Å². The molecule has 2 aliphatic heterocycles. The Morgan fingerprint density at radius 1 is 1.13 bits per heavy atom. The van der Waals surface area contributed by atoms with E-state index in [2.05, 4.69) is 28.3 Å². The molecule has 5 N–H and O–H groups in total. The van der Waals surface area contributed by atoms with E-state index in [0.717, 1.165) is 71.3 Å². The third-order valence-electron chi connectivity index (χ3n) is 6.08. The van der Waals surface area contributed by atoms with Gasteiger partial charge in [-0.05, 0) is 43.5 Å². The monoisotopic (exact) mass is 416 g/mol. The molecule has 1 unspecified atom stereocenters. The highest BCUT2D eigenvalue weighted by atomic mass is 15.3. The topological polar surface area (TPSA) is 111 Å². The van der Waals surface area contributed by atoms with Crippen molar-refractivity contribution in [2.75, 3.05) is 29.0 Å². The lowest BCUT2D eigenvalue weighted by atomic mass is 9.92. The predicted molar refractivity (Wildman–Crippen MR) is 125 cm³/mol. The normalized spacial score (nSPS) is 19.0. The number of nitrogen functional groups attached to an aromatic ring is 1. The number of aromatic nitrogens is 4. The Hall–Kier alpha value is -3.39. The van der Waals surface area contributed by atoms with E-state index in [1.165, 1.54) is 0 Å². The van der Waals surface area contributed by atoms with Crippen molar-refractivity contribution in [3.05, 3.63) is 47.8 Å². The summed E-state index contributed by atoms with van der Waals surface area (Å²) >= 11 is 0. The van der Waals surface area contributed by atoms with Crippen LogP contribution in [0.5, 0.6) is 0 Å². The Morgan fingerprint density at radius 2 is 1.87 bits per heavy atom. The Bertz CT molecular complexity index is 1120. The number of hydrogen-bond acceptors (Lipinski definition) is 7. The molecule has 1 aromatic carbocycles. The lowest BCUT2D eigenvalue weighted by molar-refractivity contribution is 0.495. The minimum atomic E-state index is 0.0809. The number of hydrogen-bond donors (Lipinski definition) is 3. The van der Waals surface area contributed by atoms with Crippen molar-refractivity contribution in [2.24, 2.45) is 12.8 Å². The van der Waals surface area contributed by atoms with E-state index in [1.54, 1.807) is 0 Å². The molecular formula is C23H28N8. The number of fused-ring (bicyclic) bond motifs is 1. The Labute approximate surface area is 182 Å². The molecule has 8 heteroatoms. The van der Waals surface area contributed by atoms with Gasteiger partial charge in [0.25, 0.3) is 0 Å². The zero-order valence-electron chi connectivity index (χ0n) is 17.9. The molecule has 2 aromatic heterocycles. The maximum Gasteiger partial charge on any atom is 0.225 e. The standard InChI is InChI=1S/C23H28N8/c1-14-19(11-16-13-30(2)29-22(16)27-14)20-12-26-23(31-9-7-18(25)8-10-31)28-21(20)15-3-5-17(24)6-4-15/h3-6,11-14,18H,7-10,24-25H2,1-2H3,(H,27,29). The zero-order valence-corrected chi connectivity index (χ0v) is 17.9. The molecule has 8 nitrogen and oxygen atoms in total. The maximum atomic E-state index is 6.09. The van der Waals surface area contributed by atoms with Crippen LogP contribution in [0.25, 0.3) is 22.9 Å².